The summed E-state index contributed by atoms with van der Waals surface area (Å²) >= 11 is 0. The molecule has 1 aromatic heterocycles. The first kappa shape index (κ1) is 17.3. The average molecular weight is 319 g/mol. The van der Waals surface area contributed by atoms with Crippen LogP contribution in [0.5, 0.6) is 0 Å². The monoisotopic (exact) mass is 319 g/mol. The molecule has 0 bridgehead atoms. The van der Waals surface area contributed by atoms with Gasteiger partial charge in [-0.2, -0.15) is 0 Å². The number of hydrogen-bond acceptors (Lipinski definition) is 3. The van der Waals surface area contributed by atoms with Crippen molar-refractivity contribution in [2.75, 3.05) is 13.1 Å². The van der Waals surface area contributed by atoms with E-state index in [1.54, 1.807) is 11.0 Å². The number of nitrogens with zero attached hydrogens (tertiary/aromatic N) is 1. The number of carboxylic acid groups (broad SMARTS) is 1. The fraction of sp³-hybridized carbons (Fsp3) is 0.556. The minimum absolute atomic E-state index is 0.0760. The van der Waals surface area contributed by atoms with Crippen molar-refractivity contribution in [2.45, 2.75) is 45.4 Å². The molecule has 1 aliphatic rings. The molecular weight excluding hydrogens is 294 g/mol. The summed E-state index contributed by atoms with van der Waals surface area (Å²) in [6, 6.07) is 1.35. The van der Waals surface area contributed by atoms with Crippen molar-refractivity contribution in [3.8, 4) is 0 Å². The molecule has 0 aromatic carbocycles. The van der Waals surface area contributed by atoms with Crippen LogP contribution in [0.1, 0.15) is 65.7 Å². The average Bonchev–Trinajstić information content (AvgIpc) is 2.99. The first-order valence-electron chi connectivity index (χ1n) is 8.33. The molecule has 5 nitrogen and oxygen atoms in total. The molecule has 0 radical (unpaired) electrons. The van der Waals surface area contributed by atoms with Crippen molar-refractivity contribution in [3.05, 3.63) is 35.8 Å². The number of aryl methyl sites for hydroxylation is 1. The van der Waals surface area contributed by atoms with Crippen molar-refractivity contribution in [1.82, 2.24) is 4.90 Å². The summed E-state index contributed by atoms with van der Waals surface area (Å²) in [6.07, 6.45) is 8.11. The lowest BCUT2D eigenvalue weighted by atomic mass is 9.89. The molecule has 0 spiro atoms. The van der Waals surface area contributed by atoms with Gasteiger partial charge >= 0.3 is 5.97 Å². The Balaban J connectivity index is 2.16. The number of hydrogen-bond donors (Lipinski definition) is 1. The Hall–Kier alpha value is -2.04. The van der Waals surface area contributed by atoms with Crippen LogP contribution in [-0.2, 0) is 6.42 Å². The maximum absolute atomic E-state index is 12.7. The van der Waals surface area contributed by atoms with E-state index >= 15 is 0 Å². The van der Waals surface area contributed by atoms with E-state index in [1.165, 1.54) is 25.3 Å². The Morgan fingerprint density at radius 1 is 1.39 bits per heavy atom. The molecule has 1 N–H and O–H groups in total. The second-order valence-electron chi connectivity index (χ2n) is 6.11. The zero-order valence-electron chi connectivity index (χ0n) is 13.7. The van der Waals surface area contributed by atoms with E-state index in [9.17, 15) is 14.7 Å². The van der Waals surface area contributed by atoms with Gasteiger partial charge in [0.1, 0.15) is 11.3 Å². The van der Waals surface area contributed by atoms with Crippen molar-refractivity contribution in [1.29, 1.82) is 0 Å². The molecule has 0 aliphatic heterocycles. The summed E-state index contributed by atoms with van der Waals surface area (Å²) < 4.78 is 5.50. The summed E-state index contributed by atoms with van der Waals surface area (Å²) in [4.78, 5) is 25.6. The van der Waals surface area contributed by atoms with Crippen molar-refractivity contribution >= 4 is 11.9 Å². The van der Waals surface area contributed by atoms with Gasteiger partial charge in [0.25, 0.3) is 5.91 Å². The molecule has 1 saturated carbocycles. The molecule has 126 valence electrons. The van der Waals surface area contributed by atoms with Gasteiger partial charge in [0.15, 0.2) is 5.76 Å². The minimum Gasteiger partial charge on any atom is -0.478 e. The van der Waals surface area contributed by atoms with Gasteiger partial charge in [0.2, 0.25) is 0 Å². The molecule has 1 aliphatic carbocycles. The Morgan fingerprint density at radius 2 is 2.09 bits per heavy atom. The highest BCUT2D eigenvalue weighted by molar-refractivity contribution is 5.96. The third-order valence-electron chi connectivity index (χ3n) is 4.41. The molecule has 0 unspecified atom stereocenters. The van der Waals surface area contributed by atoms with E-state index in [0.717, 1.165) is 12.8 Å². The van der Waals surface area contributed by atoms with Crippen LogP contribution in [0.2, 0.25) is 0 Å². The third-order valence-corrected chi connectivity index (χ3v) is 4.41. The summed E-state index contributed by atoms with van der Waals surface area (Å²) in [7, 11) is 0. The molecular formula is C18H25NO4. The predicted molar refractivity (Wildman–Crippen MR) is 87.7 cm³/mol. The zero-order chi connectivity index (χ0) is 16.8. The van der Waals surface area contributed by atoms with Gasteiger partial charge in [0, 0.05) is 25.6 Å². The van der Waals surface area contributed by atoms with E-state index in [0.29, 0.717) is 31.2 Å². The van der Waals surface area contributed by atoms with Crippen LogP contribution in [-0.4, -0.2) is 35.0 Å². The highest BCUT2D eigenvalue weighted by atomic mass is 16.4. The first-order chi connectivity index (χ1) is 11.1. The number of rotatable bonds is 7. The van der Waals surface area contributed by atoms with Gasteiger partial charge in [-0.05, 0) is 18.8 Å². The maximum atomic E-state index is 12.7. The topological polar surface area (TPSA) is 70.8 Å². The molecule has 23 heavy (non-hydrogen) atoms. The smallest absolute Gasteiger partial charge is 0.339 e. The van der Waals surface area contributed by atoms with Crippen molar-refractivity contribution in [3.63, 3.8) is 0 Å². The molecule has 0 saturated heterocycles. The van der Waals surface area contributed by atoms with Gasteiger partial charge in [0.05, 0.1) is 0 Å². The number of carbonyl (C=O) groups is 2. The van der Waals surface area contributed by atoms with E-state index in [4.69, 9.17) is 4.42 Å². The van der Waals surface area contributed by atoms with Gasteiger partial charge in [-0.3, -0.25) is 4.79 Å². The number of carboxylic acids is 1. The summed E-state index contributed by atoms with van der Waals surface area (Å²) in [5.74, 6) is -0.356. The minimum atomic E-state index is -1.06. The Morgan fingerprint density at radius 3 is 2.61 bits per heavy atom. The lowest BCUT2D eigenvalue weighted by Crippen LogP contribution is -2.36. The van der Waals surface area contributed by atoms with Gasteiger partial charge < -0.3 is 14.4 Å². The van der Waals surface area contributed by atoms with Crippen molar-refractivity contribution in [2.24, 2.45) is 5.92 Å². The van der Waals surface area contributed by atoms with Gasteiger partial charge in [-0.25, -0.2) is 4.79 Å². The number of amides is 1. The van der Waals surface area contributed by atoms with Crippen LogP contribution in [0.25, 0.3) is 0 Å². The molecule has 1 fully saturated rings. The first-order valence-corrected chi connectivity index (χ1v) is 8.33. The molecule has 0 atom stereocenters. The molecule has 1 aromatic rings. The normalized spacial score (nSPS) is 15.3. The molecule has 1 heterocycles. The Bertz CT molecular complexity index is 570. The van der Waals surface area contributed by atoms with Crippen LogP contribution in [0.15, 0.2) is 23.1 Å². The Labute approximate surface area is 137 Å². The number of aromatic carboxylic acids is 1. The SMILES string of the molecule is C=CCN(CC1CCCCC1)C(=O)c1cc(C(=O)O)c(CC)o1. The van der Waals surface area contributed by atoms with E-state index in [-0.39, 0.29) is 17.2 Å². The van der Waals surface area contributed by atoms with Gasteiger partial charge in [-0.15, -0.1) is 6.58 Å². The second-order valence-corrected chi connectivity index (χ2v) is 6.11. The fourth-order valence-corrected chi connectivity index (χ4v) is 3.21. The lowest BCUT2D eigenvalue weighted by molar-refractivity contribution is 0.0687. The maximum Gasteiger partial charge on any atom is 0.339 e. The van der Waals surface area contributed by atoms with E-state index in [2.05, 4.69) is 6.58 Å². The lowest BCUT2D eigenvalue weighted by Gasteiger charge is -2.28. The van der Waals surface area contributed by atoms with E-state index < -0.39 is 5.97 Å². The fourth-order valence-electron chi connectivity index (χ4n) is 3.21. The van der Waals surface area contributed by atoms with Crippen LogP contribution in [0, 0.1) is 5.92 Å². The van der Waals surface area contributed by atoms with Crippen LogP contribution >= 0.6 is 0 Å². The van der Waals surface area contributed by atoms with Crippen LogP contribution in [0.4, 0.5) is 0 Å². The van der Waals surface area contributed by atoms with Crippen molar-refractivity contribution < 1.29 is 19.1 Å². The molecule has 2 rings (SSSR count). The molecule has 1 amide bonds. The highest BCUT2D eigenvalue weighted by Crippen LogP contribution is 2.25. The summed E-state index contributed by atoms with van der Waals surface area (Å²) in [5.41, 5.74) is 0.0760. The van der Waals surface area contributed by atoms with Crippen LogP contribution in [0.3, 0.4) is 0 Å². The van der Waals surface area contributed by atoms with Crippen LogP contribution < -0.4 is 0 Å². The summed E-state index contributed by atoms with van der Waals surface area (Å²) in [6.45, 7) is 6.65. The summed E-state index contributed by atoms with van der Waals surface area (Å²) in [5, 5.41) is 9.19. The predicted octanol–water partition coefficient (Wildman–Crippen LogP) is 3.75. The zero-order valence-corrected chi connectivity index (χ0v) is 13.7. The quantitative estimate of drug-likeness (QED) is 0.777. The standard InChI is InChI=1S/C18H25NO4/c1-3-10-19(12-13-8-6-5-7-9-13)17(20)16-11-14(18(21)22)15(4-2)23-16/h3,11,13H,1,4-10,12H2,2H3,(H,21,22). The number of carbonyl (C=O) groups excluding carboxylic acids is 1. The largest absolute Gasteiger partial charge is 0.478 e. The highest BCUT2D eigenvalue weighted by Gasteiger charge is 2.26. The molecule has 5 heteroatoms. The number of furan rings is 1. The Kier molecular flexibility index (Phi) is 6.02. The third kappa shape index (κ3) is 4.24. The van der Waals surface area contributed by atoms with Gasteiger partial charge in [-0.1, -0.05) is 32.3 Å². The van der Waals surface area contributed by atoms with E-state index in [1.807, 2.05) is 6.92 Å². The second kappa shape index (κ2) is 7.99.